The van der Waals surface area contributed by atoms with E-state index in [0.717, 1.165) is 24.2 Å². The minimum atomic E-state index is -0.311. The van der Waals surface area contributed by atoms with Gasteiger partial charge in [-0.2, -0.15) is 0 Å². The Bertz CT molecular complexity index is 837. The summed E-state index contributed by atoms with van der Waals surface area (Å²) in [6.07, 6.45) is 2.52. The van der Waals surface area contributed by atoms with E-state index in [9.17, 15) is 9.18 Å². The minimum absolute atomic E-state index is 0.191. The van der Waals surface area contributed by atoms with Crippen LogP contribution in [0.4, 0.5) is 10.1 Å². The summed E-state index contributed by atoms with van der Waals surface area (Å²) in [6, 6.07) is 12.8. The zero-order chi connectivity index (χ0) is 17.0. The number of nitrogens with zero attached hydrogens (tertiary/aromatic N) is 1. The first-order valence-electron chi connectivity index (χ1n) is 8.89. The molecule has 4 nitrogen and oxygen atoms in total. The van der Waals surface area contributed by atoms with Gasteiger partial charge in [0.15, 0.2) is 0 Å². The SMILES string of the molecule is O=C1NCc2c(F)cc(-c3ccc(N4CC5CCC(C4)N5)cc3)cc21. The zero-order valence-corrected chi connectivity index (χ0v) is 13.9. The van der Waals surface area contributed by atoms with E-state index in [4.69, 9.17) is 0 Å². The predicted octanol–water partition coefficient (Wildman–Crippen LogP) is 2.68. The molecule has 0 aliphatic carbocycles. The number of anilines is 1. The van der Waals surface area contributed by atoms with Gasteiger partial charge in [0.25, 0.3) is 5.91 Å². The van der Waals surface area contributed by atoms with E-state index in [2.05, 4.69) is 27.7 Å². The molecule has 2 unspecified atom stereocenters. The predicted molar refractivity (Wildman–Crippen MR) is 95.2 cm³/mol. The molecule has 2 atom stereocenters. The van der Waals surface area contributed by atoms with Crippen LogP contribution in [0.15, 0.2) is 36.4 Å². The maximum absolute atomic E-state index is 14.3. The average molecular weight is 337 g/mol. The first-order valence-corrected chi connectivity index (χ1v) is 8.89. The first kappa shape index (κ1) is 14.9. The lowest BCUT2D eigenvalue weighted by molar-refractivity contribution is 0.0966. The maximum atomic E-state index is 14.3. The molecule has 128 valence electrons. The third-order valence-corrected chi connectivity index (χ3v) is 5.65. The summed E-state index contributed by atoms with van der Waals surface area (Å²) in [7, 11) is 0. The monoisotopic (exact) mass is 337 g/mol. The molecule has 3 aliphatic rings. The van der Waals surface area contributed by atoms with Crippen molar-refractivity contribution in [1.29, 1.82) is 0 Å². The number of fused-ring (bicyclic) bond motifs is 3. The number of amides is 1. The number of nitrogens with one attached hydrogen (secondary N) is 2. The van der Waals surface area contributed by atoms with Gasteiger partial charge >= 0.3 is 0 Å². The lowest BCUT2D eigenvalue weighted by Gasteiger charge is -2.34. The van der Waals surface area contributed by atoms with Crippen molar-refractivity contribution in [2.45, 2.75) is 31.5 Å². The Kier molecular flexibility index (Phi) is 3.31. The smallest absolute Gasteiger partial charge is 0.252 e. The molecule has 3 aliphatic heterocycles. The van der Waals surface area contributed by atoms with Gasteiger partial charge in [0.05, 0.1) is 0 Å². The number of piperazine rings is 1. The van der Waals surface area contributed by atoms with E-state index in [1.165, 1.54) is 24.6 Å². The molecule has 2 aromatic carbocycles. The molecule has 0 spiro atoms. The first-order chi connectivity index (χ1) is 12.2. The highest BCUT2D eigenvalue weighted by molar-refractivity contribution is 5.99. The van der Waals surface area contributed by atoms with Gasteiger partial charge in [0, 0.05) is 48.5 Å². The van der Waals surface area contributed by atoms with Gasteiger partial charge in [-0.15, -0.1) is 0 Å². The zero-order valence-electron chi connectivity index (χ0n) is 13.9. The second-order valence-electron chi connectivity index (χ2n) is 7.26. The van der Waals surface area contributed by atoms with E-state index in [0.29, 0.717) is 23.2 Å². The van der Waals surface area contributed by atoms with Crippen molar-refractivity contribution >= 4 is 11.6 Å². The molecule has 2 bridgehead atoms. The second-order valence-corrected chi connectivity index (χ2v) is 7.26. The van der Waals surface area contributed by atoms with Crippen molar-refractivity contribution in [3.8, 4) is 11.1 Å². The van der Waals surface area contributed by atoms with Crippen molar-refractivity contribution < 1.29 is 9.18 Å². The quantitative estimate of drug-likeness (QED) is 0.886. The van der Waals surface area contributed by atoms with Crippen molar-refractivity contribution in [3.63, 3.8) is 0 Å². The van der Waals surface area contributed by atoms with E-state index >= 15 is 0 Å². The van der Waals surface area contributed by atoms with Crippen LogP contribution in [-0.2, 0) is 6.54 Å². The molecule has 0 radical (unpaired) electrons. The summed E-state index contributed by atoms with van der Waals surface area (Å²) in [5.41, 5.74) is 3.82. The Balaban J connectivity index is 1.43. The summed E-state index contributed by atoms with van der Waals surface area (Å²) in [6.45, 7) is 2.37. The van der Waals surface area contributed by atoms with Crippen molar-refractivity contribution in [2.24, 2.45) is 0 Å². The Morgan fingerprint density at radius 2 is 1.72 bits per heavy atom. The van der Waals surface area contributed by atoms with Crippen LogP contribution in [0.25, 0.3) is 11.1 Å². The van der Waals surface area contributed by atoms with Crippen LogP contribution < -0.4 is 15.5 Å². The van der Waals surface area contributed by atoms with E-state index in [-0.39, 0.29) is 18.3 Å². The number of hydrogen-bond donors (Lipinski definition) is 2. The highest BCUT2D eigenvalue weighted by atomic mass is 19.1. The number of carbonyl (C=O) groups excluding carboxylic acids is 1. The molecule has 2 aromatic rings. The number of rotatable bonds is 2. The topological polar surface area (TPSA) is 44.4 Å². The van der Waals surface area contributed by atoms with Gasteiger partial charge in [0.2, 0.25) is 0 Å². The summed E-state index contributed by atoms with van der Waals surface area (Å²) < 4.78 is 14.3. The highest BCUT2D eigenvalue weighted by Gasteiger charge is 2.32. The third kappa shape index (κ3) is 2.50. The standard InChI is InChI=1S/C20H20FN3O/c21-19-8-13(7-17-18(19)9-22-20(17)25)12-1-5-16(6-2-12)24-10-14-3-4-15(11-24)23-14/h1-2,5-8,14-15,23H,3-4,9-11H2,(H,22,25). The summed E-state index contributed by atoms with van der Waals surface area (Å²) >= 11 is 0. The lowest BCUT2D eigenvalue weighted by atomic mass is 9.99. The van der Waals surface area contributed by atoms with E-state index in [1.54, 1.807) is 6.07 Å². The van der Waals surface area contributed by atoms with Crippen molar-refractivity contribution in [1.82, 2.24) is 10.6 Å². The molecule has 0 aromatic heterocycles. The van der Waals surface area contributed by atoms with Crippen LogP contribution >= 0.6 is 0 Å². The van der Waals surface area contributed by atoms with Crippen LogP contribution in [0.3, 0.4) is 0 Å². The minimum Gasteiger partial charge on any atom is -0.368 e. The van der Waals surface area contributed by atoms with Crippen LogP contribution in [0.2, 0.25) is 0 Å². The van der Waals surface area contributed by atoms with Gasteiger partial charge in [-0.05, 0) is 48.2 Å². The lowest BCUT2D eigenvalue weighted by Crippen LogP contribution is -2.51. The molecule has 1 amide bonds. The highest BCUT2D eigenvalue weighted by Crippen LogP contribution is 2.30. The Morgan fingerprint density at radius 1 is 1.00 bits per heavy atom. The number of carbonyl (C=O) groups is 1. The van der Waals surface area contributed by atoms with Crippen molar-refractivity contribution in [3.05, 3.63) is 53.3 Å². The number of hydrogen-bond acceptors (Lipinski definition) is 3. The number of benzene rings is 2. The molecular formula is C20H20FN3O. The van der Waals surface area contributed by atoms with Gasteiger partial charge in [-0.25, -0.2) is 4.39 Å². The normalized spacial score (nSPS) is 24.4. The van der Waals surface area contributed by atoms with Crippen molar-refractivity contribution in [2.75, 3.05) is 18.0 Å². The maximum Gasteiger partial charge on any atom is 0.252 e. The third-order valence-electron chi connectivity index (χ3n) is 5.65. The van der Waals surface area contributed by atoms with Crippen LogP contribution in [0.5, 0.6) is 0 Å². The van der Waals surface area contributed by atoms with Gasteiger partial charge < -0.3 is 15.5 Å². The molecular weight excluding hydrogens is 317 g/mol. The Hall–Kier alpha value is -2.40. The fourth-order valence-corrected chi connectivity index (χ4v) is 4.32. The van der Waals surface area contributed by atoms with Gasteiger partial charge in [0.1, 0.15) is 5.82 Å². The molecule has 2 N–H and O–H groups in total. The Labute approximate surface area is 146 Å². The fourth-order valence-electron chi connectivity index (χ4n) is 4.32. The molecule has 25 heavy (non-hydrogen) atoms. The second kappa shape index (κ2) is 5.56. The van der Waals surface area contributed by atoms with Crippen LogP contribution in [-0.4, -0.2) is 31.1 Å². The Morgan fingerprint density at radius 3 is 2.44 bits per heavy atom. The largest absolute Gasteiger partial charge is 0.368 e. The van der Waals surface area contributed by atoms with Crippen LogP contribution in [0, 0.1) is 5.82 Å². The molecule has 2 fully saturated rings. The van der Waals surface area contributed by atoms with E-state index in [1.807, 2.05) is 12.1 Å². The van der Waals surface area contributed by atoms with Crippen LogP contribution in [0.1, 0.15) is 28.8 Å². The molecule has 0 saturated carbocycles. The number of halogens is 1. The molecule has 5 rings (SSSR count). The van der Waals surface area contributed by atoms with Gasteiger partial charge in [-0.3, -0.25) is 4.79 Å². The summed E-state index contributed by atoms with van der Waals surface area (Å²) in [5.74, 6) is -0.503. The molecule has 2 saturated heterocycles. The average Bonchev–Trinajstić information content (AvgIpc) is 3.17. The summed E-state index contributed by atoms with van der Waals surface area (Å²) in [4.78, 5) is 14.3. The van der Waals surface area contributed by atoms with E-state index < -0.39 is 0 Å². The molecule has 3 heterocycles. The fraction of sp³-hybridized carbons (Fsp3) is 0.350. The summed E-state index contributed by atoms with van der Waals surface area (Å²) in [5, 5.41) is 6.32. The van der Waals surface area contributed by atoms with Gasteiger partial charge in [-0.1, -0.05) is 12.1 Å². The molecule has 5 heteroatoms.